The smallest absolute Gasteiger partial charge is 0.366 e. The van der Waals surface area contributed by atoms with Gasteiger partial charge in [0.05, 0.1) is 11.3 Å². The van der Waals surface area contributed by atoms with Crippen LogP contribution in [0.1, 0.15) is 26.3 Å². The molecule has 0 atom stereocenters. The molecule has 0 bridgehead atoms. The molecule has 114 valence electrons. The minimum atomic E-state index is -4.59. The van der Waals surface area contributed by atoms with Crippen LogP contribution in [0.5, 0.6) is 0 Å². The fourth-order valence-corrected chi connectivity index (χ4v) is 1.98. The number of primary amides is 2. The lowest BCUT2D eigenvalue weighted by Gasteiger charge is -2.12. The van der Waals surface area contributed by atoms with Gasteiger partial charge >= 0.3 is 6.18 Å². The molecular formula is C14H10F3N3O2. The molecule has 0 radical (unpaired) electrons. The first-order valence-electron chi connectivity index (χ1n) is 5.98. The maximum Gasteiger partial charge on any atom is 0.416 e. The van der Waals surface area contributed by atoms with Crippen LogP contribution in [0.4, 0.5) is 13.2 Å². The number of nitrogens with zero attached hydrogens (tertiary/aromatic N) is 1. The number of pyridine rings is 1. The minimum Gasteiger partial charge on any atom is -0.366 e. The van der Waals surface area contributed by atoms with Crippen LogP contribution in [0, 0.1) is 0 Å². The van der Waals surface area contributed by atoms with Gasteiger partial charge in [0.2, 0.25) is 11.8 Å². The van der Waals surface area contributed by atoms with Gasteiger partial charge in [0, 0.05) is 22.9 Å². The highest BCUT2D eigenvalue weighted by Crippen LogP contribution is 2.33. The molecule has 2 rings (SSSR count). The highest BCUT2D eigenvalue weighted by molar-refractivity contribution is 6.07. The van der Waals surface area contributed by atoms with Crippen LogP contribution in [0.25, 0.3) is 11.3 Å². The first kappa shape index (κ1) is 15.5. The average molecular weight is 309 g/mol. The lowest BCUT2D eigenvalue weighted by atomic mass is 9.96. The quantitative estimate of drug-likeness (QED) is 0.906. The van der Waals surface area contributed by atoms with E-state index in [0.29, 0.717) is 0 Å². The van der Waals surface area contributed by atoms with Crippen molar-refractivity contribution in [1.29, 1.82) is 0 Å². The molecule has 4 N–H and O–H groups in total. The fourth-order valence-electron chi connectivity index (χ4n) is 1.98. The monoisotopic (exact) mass is 309 g/mol. The zero-order valence-corrected chi connectivity index (χ0v) is 11.0. The maximum absolute atomic E-state index is 12.8. The number of alkyl halides is 3. The standard InChI is InChI=1S/C14H10F3N3O2/c15-14(16,17)7-4-5-20-10(6-7)11-8(12(18)21)2-1-3-9(11)13(19)22/h1-6H,(H2,18,21)(H2,19,22). The fraction of sp³-hybridized carbons (Fsp3) is 0.0714. The summed E-state index contributed by atoms with van der Waals surface area (Å²) < 4.78 is 38.4. The molecule has 1 aromatic heterocycles. The summed E-state index contributed by atoms with van der Waals surface area (Å²) in [7, 11) is 0. The molecule has 0 aliphatic heterocycles. The van der Waals surface area contributed by atoms with Crippen molar-refractivity contribution in [2.45, 2.75) is 6.18 Å². The van der Waals surface area contributed by atoms with Crippen LogP contribution in [-0.4, -0.2) is 16.8 Å². The Morgan fingerprint density at radius 3 is 2.00 bits per heavy atom. The Labute approximate surface area is 122 Å². The second-order valence-corrected chi connectivity index (χ2v) is 4.38. The van der Waals surface area contributed by atoms with Gasteiger partial charge in [0.15, 0.2) is 0 Å². The summed E-state index contributed by atoms with van der Waals surface area (Å²) in [6.07, 6.45) is -3.66. The number of hydrogen-bond acceptors (Lipinski definition) is 3. The molecule has 0 saturated carbocycles. The van der Waals surface area contributed by atoms with Crippen molar-refractivity contribution < 1.29 is 22.8 Å². The van der Waals surface area contributed by atoms with E-state index in [1.807, 2.05) is 0 Å². The molecule has 8 heteroatoms. The molecule has 0 aliphatic carbocycles. The topological polar surface area (TPSA) is 99.1 Å². The third kappa shape index (κ3) is 2.90. The van der Waals surface area contributed by atoms with E-state index < -0.39 is 23.6 Å². The van der Waals surface area contributed by atoms with Gasteiger partial charge < -0.3 is 11.5 Å². The van der Waals surface area contributed by atoms with Crippen LogP contribution >= 0.6 is 0 Å². The van der Waals surface area contributed by atoms with Gasteiger partial charge in [0.25, 0.3) is 0 Å². The number of nitrogens with two attached hydrogens (primary N) is 2. The highest BCUT2D eigenvalue weighted by atomic mass is 19.4. The molecule has 0 fully saturated rings. The van der Waals surface area contributed by atoms with Crippen molar-refractivity contribution in [2.75, 3.05) is 0 Å². The van der Waals surface area contributed by atoms with Gasteiger partial charge in [-0.1, -0.05) is 6.07 Å². The molecule has 0 aliphatic rings. The van der Waals surface area contributed by atoms with Crippen LogP contribution in [-0.2, 0) is 6.18 Å². The Morgan fingerprint density at radius 1 is 1.00 bits per heavy atom. The number of amides is 2. The number of rotatable bonds is 3. The van der Waals surface area contributed by atoms with Gasteiger partial charge in [-0.2, -0.15) is 13.2 Å². The van der Waals surface area contributed by atoms with Gasteiger partial charge in [-0.3, -0.25) is 14.6 Å². The summed E-state index contributed by atoms with van der Waals surface area (Å²) >= 11 is 0. The Morgan fingerprint density at radius 2 is 1.55 bits per heavy atom. The van der Waals surface area contributed by atoms with E-state index in [0.717, 1.165) is 18.3 Å². The Balaban J connectivity index is 2.76. The zero-order chi connectivity index (χ0) is 16.5. The van der Waals surface area contributed by atoms with Crippen LogP contribution in [0.3, 0.4) is 0 Å². The summed E-state index contributed by atoms with van der Waals surface area (Å²) in [5.41, 5.74) is 8.84. The predicted molar refractivity (Wildman–Crippen MR) is 71.7 cm³/mol. The second kappa shape index (κ2) is 5.47. The third-order valence-corrected chi connectivity index (χ3v) is 2.94. The van der Waals surface area contributed by atoms with E-state index in [4.69, 9.17) is 11.5 Å². The van der Waals surface area contributed by atoms with Crippen molar-refractivity contribution in [1.82, 2.24) is 4.98 Å². The highest BCUT2D eigenvalue weighted by Gasteiger charge is 2.31. The van der Waals surface area contributed by atoms with Gasteiger partial charge in [-0.05, 0) is 24.3 Å². The first-order valence-corrected chi connectivity index (χ1v) is 5.98. The Bertz CT molecular complexity index is 725. The molecule has 2 aromatic rings. The van der Waals surface area contributed by atoms with Gasteiger partial charge in [-0.15, -0.1) is 0 Å². The number of hydrogen-bond donors (Lipinski definition) is 2. The van der Waals surface area contributed by atoms with Crippen LogP contribution in [0.15, 0.2) is 36.5 Å². The van der Waals surface area contributed by atoms with E-state index in [1.165, 1.54) is 18.2 Å². The molecule has 1 aromatic carbocycles. The third-order valence-electron chi connectivity index (χ3n) is 2.94. The lowest BCUT2D eigenvalue weighted by Crippen LogP contribution is -2.18. The Hall–Kier alpha value is -2.90. The van der Waals surface area contributed by atoms with E-state index in [9.17, 15) is 22.8 Å². The number of carbonyl (C=O) groups excluding carboxylic acids is 2. The summed E-state index contributed by atoms with van der Waals surface area (Å²) in [4.78, 5) is 26.7. The molecule has 5 nitrogen and oxygen atoms in total. The van der Waals surface area contributed by atoms with Crippen molar-refractivity contribution >= 4 is 11.8 Å². The minimum absolute atomic E-state index is 0.117. The number of aromatic nitrogens is 1. The van der Waals surface area contributed by atoms with E-state index in [1.54, 1.807) is 0 Å². The van der Waals surface area contributed by atoms with E-state index >= 15 is 0 Å². The zero-order valence-electron chi connectivity index (χ0n) is 11.0. The maximum atomic E-state index is 12.8. The van der Waals surface area contributed by atoms with E-state index in [2.05, 4.69) is 4.98 Å². The van der Waals surface area contributed by atoms with Crippen molar-refractivity contribution in [3.63, 3.8) is 0 Å². The Kier molecular flexibility index (Phi) is 3.85. The van der Waals surface area contributed by atoms with Crippen molar-refractivity contribution in [3.05, 3.63) is 53.2 Å². The van der Waals surface area contributed by atoms with Crippen LogP contribution in [0.2, 0.25) is 0 Å². The molecule has 0 spiro atoms. The normalized spacial score (nSPS) is 11.2. The summed E-state index contributed by atoms with van der Waals surface area (Å²) in [5.74, 6) is -1.81. The molecule has 0 unspecified atom stereocenters. The molecule has 2 amide bonds. The van der Waals surface area contributed by atoms with Crippen molar-refractivity contribution in [2.24, 2.45) is 11.5 Å². The largest absolute Gasteiger partial charge is 0.416 e. The SMILES string of the molecule is NC(=O)c1cccc(C(N)=O)c1-c1cc(C(F)(F)F)ccn1. The lowest BCUT2D eigenvalue weighted by molar-refractivity contribution is -0.137. The molecule has 1 heterocycles. The molecule has 22 heavy (non-hydrogen) atoms. The summed E-state index contributed by atoms with van der Waals surface area (Å²) in [5, 5.41) is 0. The average Bonchev–Trinajstić information content (AvgIpc) is 2.45. The summed E-state index contributed by atoms with van der Waals surface area (Å²) in [6, 6.07) is 5.43. The van der Waals surface area contributed by atoms with E-state index in [-0.39, 0.29) is 22.4 Å². The predicted octanol–water partition coefficient (Wildman–Crippen LogP) is 1.97. The van der Waals surface area contributed by atoms with Crippen molar-refractivity contribution in [3.8, 4) is 11.3 Å². The second-order valence-electron chi connectivity index (χ2n) is 4.38. The molecular weight excluding hydrogens is 299 g/mol. The van der Waals surface area contributed by atoms with Gasteiger partial charge in [0.1, 0.15) is 0 Å². The first-order chi connectivity index (χ1) is 10.2. The number of carbonyl (C=O) groups is 2. The summed E-state index contributed by atoms with van der Waals surface area (Å²) in [6.45, 7) is 0. The number of benzene rings is 1. The number of halogens is 3. The van der Waals surface area contributed by atoms with Gasteiger partial charge in [-0.25, -0.2) is 0 Å². The molecule has 0 saturated heterocycles. The van der Waals surface area contributed by atoms with Crippen LogP contribution < -0.4 is 11.5 Å².